The minimum atomic E-state index is 0.503. The van der Waals surface area contributed by atoms with Gasteiger partial charge in [0, 0.05) is 5.92 Å². The Morgan fingerprint density at radius 1 is 0.733 bits per heavy atom. The summed E-state index contributed by atoms with van der Waals surface area (Å²) in [5.41, 5.74) is 0. The van der Waals surface area contributed by atoms with Crippen molar-refractivity contribution in [1.82, 2.24) is 0 Å². The molecule has 15 heavy (non-hydrogen) atoms. The Bertz CT molecular complexity index is 180. The van der Waals surface area contributed by atoms with E-state index in [1.54, 1.807) is 0 Å². The van der Waals surface area contributed by atoms with Crippen LogP contribution in [0.3, 0.4) is 0 Å². The molecular formula is C15H26. The van der Waals surface area contributed by atoms with Gasteiger partial charge in [-0.25, -0.2) is 0 Å². The van der Waals surface area contributed by atoms with Crippen molar-refractivity contribution >= 4 is 0 Å². The van der Waals surface area contributed by atoms with Gasteiger partial charge in [0.05, 0.1) is 0 Å². The summed E-state index contributed by atoms with van der Waals surface area (Å²) in [6, 6.07) is 0. The normalized spacial score (nSPS) is 14.6. The van der Waals surface area contributed by atoms with E-state index in [4.69, 9.17) is 0 Å². The van der Waals surface area contributed by atoms with E-state index in [2.05, 4.69) is 57.2 Å². The van der Waals surface area contributed by atoms with E-state index in [-0.39, 0.29) is 0 Å². The third kappa shape index (κ3) is 9.52. The molecule has 0 atom stereocenters. The van der Waals surface area contributed by atoms with Crippen LogP contribution in [0.2, 0.25) is 0 Å². The van der Waals surface area contributed by atoms with Gasteiger partial charge in [-0.15, -0.1) is 0 Å². The number of rotatable bonds is 8. The Balaban J connectivity index is 4.11. The lowest BCUT2D eigenvalue weighted by atomic mass is 10.1. The zero-order chi connectivity index (χ0) is 11.4. The van der Waals surface area contributed by atoms with Crippen LogP contribution in [-0.4, -0.2) is 0 Å². The molecule has 0 saturated heterocycles. The van der Waals surface area contributed by atoms with E-state index < -0.39 is 0 Å². The standard InChI is InChI=1S/C15H26/c1-4-7-10-13-15(12-9-6-3)14-11-8-5-2/h9-15H,4-8H2,1-3H3. The second kappa shape index (κ2) is 11.3. The fraction of sp³-hybridized carbons (Fsp3) is 0.600. The Morgan fingerprint density at radius 2 is 1.20 bits per heavy atom. The first-order valence-electron chi connectivity index (χ1n) is 6.35. The van der Waals surface area contributed by atoms with Crippen molar-refractivity contribution in [3.8, 4) is 0 Å². The molecule has 0 rings (SSSR count). The first-order chi connectivity index (χ1) is 7.35. The molecule has 0 bridgehead atoms. The van der Waals surface area contributed by atoms with Gasteiger partial charge in [-0.05, 0) is 19.3 Å². The van der Waals surface area contributed by atoms with E-state index in [9.17, 15) is 0 Å². The van der Waals surface area contributed by atoms with Crippen LogP contribution in [0, 0.1) is 5.92 Å². The fourth-order valence-electron chi connectivity index (χ4n) is 1.33. The average molecular weight is 206 g/mol. The Labute approximate surface area is 95.8 Å². The van der Waals surface area contributed by atoms with E-state index in [1.807, 2.05) is 0 Å². The van der Waals surface area contributed by atoms with Crippen molar-refractivity contribution < 1.29 is 0 Å². The van der Waals surface area contributed by atoms with Gasteiger partial charge in [0.2, 0.25) is 0 Å². The molecule has 0 aromatic rings. The van der Waals surface area contributed by atoms with Crippen LogP contribution in [0.25, 0.3) is 0 Å². The van der Waals surface area contributed by atoms with Crippen LogP contribution in [0.4, 0.5) is 0 Å². The largest absolute Gasteiger partial charge is 0.0879 e. The maximum atomic E-state index is 2.31. The lowest BCUT2D eigenvalue weighted by molar-refractivity contribution is 0.923. The van der Waals surface area contributed by atoms with Gasteiger partial charge >= 0.3 is 0 Å². The molecule has 86 valence electrons. The first-order valence-corrected chi connectivity index (χ1v) is 6.35. The van der Waals surface area contributed by atoms with Crippen molar-refractivity contribution in [1.29, 1.82) is 0 Å². The summed E-state index contributed by atoms with van der Waals surface area (Å²) in [7, 11) is 0. The van der Waals surface area contributed by atoms with Gasteiger partial charge in [-0.2, -0.15) is 0 Å². The van der Waals surface area contributed by atoms with Crippen LogP contribution >= 0.6 is 0 Å². The van der Waals surface area contributed by atoms with Gasteiger partial charge in [0.1, 0.15) is 0 Å². The van der Waals surface area contributed by atoms with Gasteiger partial charge < -0.3 is 0 Å². The molecule has 0 aliphatic heterocycles. The molecule has 0 N–H and O–H groups in total. The monoisotopic (exact) mass is 206 g/mol. The molecule has 0 aliphatic rings. The minimum absolute atomic E-state index is 0.503. The van der Waals surface area contributed by atoms with E-state index in [0.29, 0.717) is 5.92 Å². The number of hydrogen-bond acceptors (Lipinski definition) is 0. The van der Waals surface area contributed by atoms with Crippen LogP contribution in [0.5, 0.6) is 0 Å². The topological polar surface area (TPSA) is 0 Å². The molecule has 0 aromatic carbocycles. The van der Waals surface area contributed by atoms with Crippen molar-refractivity contribution in [2.75, 3.05) is 0 Å². The van der Waals surface area contributed by atoms with Crippen LogP contribution in [-0.2, 0) is 0 Å². The summed E-state index contributed by atoms with van der Waals surface area (Å²) in [5, 5.41) is 0. The summed E-state index contributed by atoms with van der Waals surface area (Å²) in [6.07, 6.45) is 19.7. The first kappa shape index (κ1) is 14.2. The summed E-state index contributed by atoms with van der Waals surface area (Å²) >= 11 is 0. The predicted octanol–water partition coefficient (Wildman–Crippen LogP) is 5.28. The molecule has 0 saturated carbocycles. The van der Waals surface area contributed by atoms with Crippen LogP contribution < -0.4 is 0 Å². The summed E-state index contributed by atoms with van der Waals surface area (Å²) in [4.78, 5) is 0. The molecule has 0 spiro atoms. The molecular weight excluding hydrogens is 180 g/mol. The smallest absolute Gasteiger partial charge is 0.0127 e. The zero-order valence-corrected chi connectivity index (χ0v) is 10.6. The SMILES string of the molecule is CCC=CC(C=CCCC)C=CCCC. The Kier molecular flexibility index (Phi) is 10.7. The molecule has 0 aliphatic carbocycles. The summed E-state index contributed by atoms with van der Waals surface area (Å²) in [5.74, 6) is 0.503. The number of unbranched alkanes of at least 4 members (excludes halogenated alkanes) is 2. The zero-order valence-electron chi connectivity index (χ0n) is 10.6. The molecule has 0 heteroatoms. The van der Waals surface area contributed by atoms with E-state index in [1.165, 1.54) is 25.7 Å². The highest BCUT2D eigenvalue weighted by atomic mass is 14.0. The minimum Gasteiger partial charge on any atom is -0.0879 e. The number of hydrogen-bond donors (Lipinski definition) is 0. The molecule has 0 radical (unpaired) electrons. The van der Waals surface area contributed by atoms with Gasteiger partial charge in [0.25, 0.3) is 0 Å². The van der Waals surface area contributed by atoms with E-state index in [0.717, 1.165) is 6.42 Å². The second-order valence-electron chi connectivity index (χ2n) is 3.85. The van der Waals surface area contributed by atoms with Crippen molar-refractivity contribution in [3.63, 3.8) is 0 Å². The average Bonchev–Trinajstić information content (AvgIpc) is 2.25. The lowest BCUT2D eigenvalue weighted by Crippen LogP contribution is -1.85. The highest BCUT2D eigenvalue weighted by Gasteiger charge is 1.92. The molecule has 0 aromatic heterocycles. The fourth-order valence-corrected chi connectivity index (χ4v) is 1.33. The lowest BCUT2D eigenvalue weighted by Gasteiger charge is -2.00. The van der Waals surface area contributed by atoms with Crippen LogP contribution in [0.1, 0.15) is 52.9 Å². The van der Waals surface area contributed by atoms with Crippen LogP contribution in [0.15, 0.2) is 36.5 Å². The predicted molar refractivity (Wildman–Crippen MR) is 71.0 cm³/mol. The molecule has 0 nitrogen and oxygen atoms in total. The Morgan fingerprint density at radius 3 is 1.60 bits per heavy atom. The molecule has 0 amide bonds. The molecule has 0 fully saturated rings. The maximum Gasteiger partial charge on any atom is 0.0127 e. The van der Waals surface area contributed by atoms with Crippen molar-refractivity contribution in [2.24, 2.45) is 5.92 Å². The van der Waals surface area contributed by atoms with Crippen molar-refractivity contribution in [3.05, 3.63) is 36.5 Å². The third-order valence-corrected chi connectivity index (χ3v) is 2.22. The Hall–Kier alpha value is -0.780. The molecule has 0 heterocycles. The third-order valence-electron chi connectivity index (χ3n) is 2.22. The van der Waals surface area contributed by atoms with Gasteiger partial charge in [0.15, 0.2) is 0 Å². The quantitative estimate of drug-likeness (QED) is 0.474. The summed E-state index contributed by atoms with van der Waals surface area (Å²) < 4.78 is 0. The molecule has 0 unspecified atom stereocenters. The highest BCUT2D eigenvalue weighted by Crippen LogP contribution is 2.07. The second-order valence-corrected chi connectivity index (χ2v) is 3.85. The number of allylic oxidation sites excluding steroid dienone is 6. The highest BCUT2D eigenvalue weighted by molar-refractivity contribution is 5.10. The van der Waals surface area contributed by atoms with E-state index >= 15 is 0 Å². The van der Waals surface area contributed by atoms with Crippen molar-refractivity contribution in [2.45, 2.75) is 52.9 Å². The van der Waals surface area contributed by atoms with Gasteiger partial charge in [-0.1, -0.05) is 70.1 Å². The maximum absolute atomic E-state index is 2.31. The van der Waals surface area contributed by atoms with Gasteiger partial charge in [-0.3, -0.25) is 0 Å². The summed E-state index contributed by atoms with van der Waals surface area (Å²) in [6.45, 7) is 6.61.